The van der Waals surface area contributed by atoms with Gasteiger partial charge in [0.1, 0.15) is 6.33 Å². The van der Waals surface area contributed by atoms with Crippen LogP contribution in [0.5, 0.6) is 0 Å². The van der Waals surface area contributed by atoms with E-state index in [-0.39, 0.29) is 10.3 Å². The number of alkyl halides is 3. The SMILES string of the molecule is NCCCc1cncn1C(F)(F)F. The normalized spacial score (nSPS) is 12.0. The number of nitrogens with two attached hydrogens (primary N) is 1. The van der Waals surface area contributed by atoms with E-state index in [1.165, 1.54) is 6.20 Å². The van der Waals surface area contributed by atoms with Gasteiger partial charge in [0.05, 0.1) is 0 Å². The number of hydrogen-bond acceptors (Lipinski definition) is 2. The largest absolute Gasteiger partial charge is 0.489 e. The number of hydrogen-bond donors (Lipinski definition) is 1. The minimum Gasteiger partial charge on any atom is -0.330 e. The monoisotopic (exact) mass is 193 g/mol. The van der Waals surface area contributed by atoms with Crippen LogP contribution in [-0.2, 0) is 12.7 Å². The van der Waals surface area contributed by atoms with E-state index in [0.717, 1.165) is 6.33 Å². The van der Waals surface area contributed by atoms with E-state index < -0.39 is 6.30 Å². The lowest BCUT2D eigenvalue weighted by Gasteiger charge is -2.10. The van der Waals surface area contributed by atoms with Crippen LogP contribution in [0.2, 0.25) is 0 Å². The summed E-state index contributed by atoms with van der Waals surface area (Å²) in [5.41, 5.74) is 5.34. The zero-order chi connectivity index (χ0) is 9.90. The summed E-state index contributed by atoms with van der Waals surface area (Å²) in [4.78, 5) is 3.44. The van der Waals surface area contributed by atoms with Crippen LogP contribution >= 0.6 is 0 Å². The van der Waals surface area contributed by atoms with Crippen LogP contribution in [0, 0.1) is 0 Å². The van der Waals surface area contributed by atoms with Crippen LogP contribution in [0.4, 0.5) is 13.2 Å². The Labute approximate surface area is 73.4 Å². The molecule has 1 aromatic rings. The summed E-state index contributed by atoms with van der Waals surface area (Å²) in [7, 11) is 0. The highest BCUT2D eigenvalue weighted by Crippen LogP contribution is 2.24. The van der Waals surface area contributed by atoms with E-state index in [1.54, 1.807) is 0 Å². The maximum absolute atomic E-state index is 12.2. The fraction of sp³-hybridized carbons (Fsp3) is 0.571. The molecule has 13 heavy (non-hydrogen) atoms. The summed E-state index contributed by atoms with van der Waals surface area (Å²) >= 11 is 0. The minimum absolute atomic E-state index is 0.151. The molecule has 0 fully saturated rings. The lowest BCUT2D eigenvalue weighted by molar-refractivity contribution is -0.205. The first-order valence-corrected chi connectivity index (χ1v) is 3.84. The van der Waals surface area contributed by atoms with Crippen LogP contribution < -0.4 is 5.73 Å². The first kappa shape index (κ1) is 10.0. The fourth-order valence-electron chi connectivity index (χ4n) is 1.02. The number of rotatable bonds is 3. The number of aromatic nitrogens is 2. The Morgan fingerprint density at radius 2 is 2.15 bits per heavy atom. The second-order valence-corrected chi connectivity index (χ2v) is 2.62. The van der Waals surface area contributed by atoms with E-state index >= 15 is 0 Å². The highest BCUT2D eigenvalue weighted by molar-refractivity contribution is 4.99. The van der Waals surface area contributed by atoms with Gasteiger partial charge in [0.25, 0.3) is 0 Å². The van der Waals surface area contributed by atoms with Crippen molar-refractivity contribution >= 4 is 0 Å². The van der Waals surface area contributed by atoms with Gasteiger partial charge in [0, 0.05) is 11.9 Å². The van der Waals surface area contributed by atoms with Gasteiger partial charge in [-0.15, -0.1) is 13.2 Å². The second-order valence-electron chi connectivity index (χ2n) is 2.62. The molecule has 3 nitrogen and oxygen atoms in total. The molecule has 0 radical (unpaired) electrons. The van der Waals surface area contributed by atoms with Crippen molar-refractivity contribution in [3.63, 3.8) is 0 Å². The molecule has 0 amide bonds. The first-order valence-electron chi connectivity index (χ1n) is 3.84. The van der Waals surface area contributed by atoms with Crippen molar-refractivity contribution in [2.45, 2.75) is 19.1 Å². The van der Waals surface area contributed by atoms with Crippen LogP contribution in [0.15, 0.2) is 12.5 Å². The van der Waals surface area contributed by atoms with Crippen molar-refractivity contribution in [3.05, 3.63) is 18.2 Å². The molecule has 0 aliphatic carbocycles. The molecule has 0 aliphatic rings. The molecule has 6 heteroatoms. The van der Waals surface area contributed by atoms with Crippen molar-refractivity contribution < 1.29 is 13.2 Å². The van der Waals surface area contributed by atoms with Gasteiger partial charge in [-0.25, -0.2) is 9.55 Å². The fourth-order valence-corrected chi connectivity index (χ4v) is 1.02. The van der Waals surface area contributed by atoms with Gasteiger partial charge in [0.2, 0.25) is 0 Å². The zero-order valence-electron chi connectivity index (χ0n) is 6.88. The highest BCUT2D eigenvalue weighted by Gasteiger charge is 2.32. The Balaban J connectivity index is 2.77. The third-order valence-corrected chi connectivity index (χ3v) is 1.63. The molecule has 0 bridgehead atoms. The average molecular weight is 193 g/mol. The summed E-state index contributed by atoms with van der Waals surface area (Å²) < 4.78 is 36.8. The molecule has 1 heterocycles. The van der Waals surface area contributed by atoms with Gasteiger partial charge in [-0.2, -0.15) is 0 Å². The van der Waals surface area contributed by atoms with Crippen molar-refractivity contribution in [1.82, 2.24) is 9.55 Å². The molecular formula is C7H10F3N3. The van der Waals surface area contributed by atoms with E-state index in [0.29, 0.717) is 19.4 Å². The van der Waals surface area contributed by atoms with Gasteiger partial charge in [-0.1, -0.05) is 0 Å². The van der Waals surface area contributed by atoms with E-state index in [1.807, 2.05) is 0 Å². The highest BCUT2D eigenvalue weighted by atomic mass is 19.4. The van der Waals surface area contributed by atoms with Crippen molar-refractivity contribution in [2.75, 3.05) is 6.54 Å². The molecule has 0 saturated carbocycles. The van der Waals surface area contributed by atoms with Crippen molar-refractivity contribution in [1.29, 1.82) is 0 Å². The molecule has 0 unspecified atom stereocenters. The minimum atomic E-state index is -4.37. The lowest BCUT2D eigenvalue weighted by Crippen LogP contribution is -2.18. The van der Waals surface area contributed by atoms with E-state index in [4.69, 9.17) is 5.73 Å². The van der Waals surface area contributed by atoms with Gasteiger partial charge in [-0.05, 0) is 19.4 Å². The third kappa shape index (κ3) is 2.45. The Morgan fingerprint density at radius 3 is 2.69 bits per heavy atom. The Morgan fingerprint density at radius 1 is 1.46 bits per heavy atom. The number of nitrogens with zero attached hydrogens (tertiary/aromatic N) is 2. The molecule has 1 rings (SSSR count). The molecular weight excluding hydrogens is 183 g/mol. The van der Waals surface area contributed by atoms with E-state index in [9.17, 15) is 13.2 Å². The van der Waals surface area contributed by atoms with Crippen LogP contribution in [0.1, 0.15) is 12.1 Å². The lowest BCUT2D eigenvalue weighted by atomic mass is 10.2. The number of aryl methyl sites for hydroxylation is 1. The average Bonchev–Trinajstić information content (AvgIpc) is 2.47. The summed E-state index contributed by atoms with van der Waals surface area (Å²) in [6.07, 6.45) is -1.56. The van der Waals surface area contributed by atoms with Gasteiger partial charge in [0.15, 0.2) is 0 Å². The summed E-state index contributed by atoms with van der Waals surface area (Å²) in [5, 5.41) is 0. The van der Waals surface area contributed by atoms with Crippen LogP contribution in [-0.4, -0.2) is 16.1 Å². The Kier molecular flexibility index (Phi) is 2.92. The predicted octanol–water partition coefficient (Wildman–Crippen LogP) is 1.25. The van der Waals surface area contributed by atoms with Gasteiger partial charge >= 0.3 is 6.30 Å². The Bertz CT molecular complexity index is 266. The standard InChI is InChI=1S/C7H10F3N3/c8-7(9,10)13-5-12-4-6(13)2-1-3-11/h4-5H,1-3,11H2. The molecule has 2 N–H and O–H groups in total. The molecule has 0 saturated heterocycles. The Hall–Kier alpha value is -1.04. The molecule has 74 valence electrons. The first-order chi connectivity index (χ1) is 6.05. The van der Waals surface area contributed by atoms with Crippen molar-refractivity contribution in [3.8, 4) is 0 Å². The number of halogens is 3. The molecule has 0 aromatic carbocycles. The molecule has 1 aromatic heterocycles. The maximum Gasteiger partial charge on any atom is 0.489 e. The predicted molar refractivity (Wildman–Crippen MR) is 40.9 cm³/mol. The third-order valence-electron chi connectivity index (χ3n) is 1.63. The van der Waals surface area contributed by atoms with E-state index in [2.05, 4.69) is 4.98 Å². The van der Waals surface area contributed by atoms with Gasteiger partial charge < -0.3 is 5.73 Å². The summed E-state index contributed by atoms with van der Waals surface area (Å²) in [6, 6.07) is 0. The molecule has 0 atom stereocenters. The van der Waals surface area contributed by atoms with Crippen LogP contribution in [0.25, 0.3) is 0 Å². The molecule has 0 spiro atoms. The smallest absolute Gasteiger partial charge is 0.330 e. The zero-order valence-corrected chi connectivity index (χ0v) is 6.88. The number of imidazole rings is 1. The van der Waals surface area contributed by atoms with Crippen LogP contribution in [0.3, 0.4) is 0 Å². The topological polar surface area (TPSA) is 43.8 Å². The van der Waals surface area contributed by atoms with Crippen molar-refractivity contribution in [2.24, 2.45) is 5.73 Å². The second kappa shape index (κ2) is 3.78. The maximum atomic E-state index is 12.2. The van der Waals surface area contributed by atoms with Gasteiger partial charge in [-0.3, -0.25) is 0 Å². The summed E-state index contributed by atoms with van der Waals surface area (Å²) in [6.45, 7) is 0.378. The quantitative estimate of drug-likeness (QED) is 0.785. The molecule has 0 aliphatic heterocycles. The summed E-state index contributed by atoms with van der Waals surface area (Å²) in [5.74, 6) is 0.